The van der Waals surface area contributed by atoms with Crippen molar-refractivity contribution in [1.29, 1.82) is 0 Å². The summed E-state index contributed by atoms with van der Waals surface area (Å²) in [5.41, 5.74) is 1.43. The third-order valence-corrected chi connectivity index (χ3v) is 7.29. The molecular formula is C22H25BrN2O4S. The number of benzene rings is 2. The average molecular weight is 493 g/mol. The van der Waals surface area contributed by atoms with Gasteiger partial charge in [0, 0.05) is 29.2 Å². The number of ether oxygens (including phenoxy) is 1. The van der Waals surface area contributed by atoms with Gasteiger partial charge in [-0.05, 0) is 54.8 Å². The van der Waals surface area contributed by atoms with Crippen molar-refractivity contribution >= 4 is 37.5 Å². The van der Waals surface area contributed by atoms with E-state index < -0.39 is 10.0 Å². The van der Waals surface area contributed by atoms with E-state index in [1.165, 1.54) is 4.31 Å². The molecule has 8 heteroatoms. The van der Waals surface area contributed by atoms with Gasteiger partial charge < -0.3 is 10.1 Å². The third kappa shape index (κ3) is 6.17. The van der Waals surface area contributed by atoms with Gasteiger partial charge in [-0.15, -0.1) is 0 Å². The first kappa shape index (κ1) is 22.5. The first-order chi connectivity index (χ1) is 14.4. The van der Waals surface area contributed by atoms with Crippen LogP contribution in [-0.2, 0) is 20.6 Å². The van der Waals surface area contributed by atoms with Crippen molar-refractivity contribution in [3.8, 4) is 5.75 Å². The second-order valence-electron chi connectivity index (χ2n) is 7.17. The molecule has 1 saturated heterocycles. The summed E-state index contributed by atoms with van der Waals surface area (Å²) in [6.07, 6.45) is 2.68. The summed E-state index contributed by atoms with van der Waals surface area (Å²) < 4.78 is 33.2. The highest BCUT2D eigenvalue weighted by atomic mass is 79.9. The highest BCUT2D eigenvalue weighted by Gasteiger charge is 2.31. The number of anilines is 1. The van der Waals surface area contributed by atoms with Gasteiger partial charge in [-0.2, -0.15) is 0 Å². The minimum absolute atomic E-state index is 0.0381. The summed E-state index contributed by atoms with van der Waals surface area (Å²) >= 11 is 3.37. The lowest BCUT2D eigenvalue weighted by atomic mass is 9.97. The van der Waals surface area contributed by atoms with Crippen molar-refractivity contribution in [2.75, 3.05) is 25.0 Å². The number of hydrogen-bond donors (Lipinski definition) is 1. The number of rotatable bonds is 8. The van der Waals surface area contributed by atoms with Crippen LogP contribution in [-0.4, -0.2) is 38.3 Å². The second kappa shape index (κ2) is 10.2. The molecule has 0 aliphatic carbocycles. The Kier molecular flexibility index (Phi) is 7.69. The van der Waals surface area contributed by atoms with Crippen LogP contribution in [0.15, 0.2) is 65.7 Å². The maximum absolute atomic E-state index is 12.7. The van der Waals surface area contributed by atoms with Gasteiger partial charge in [-0.3, -0.25) is 4.79 Å². The Hall–Kier alpha value is -2.16. The molecule has 2 aromatic carbocycles. The smallest absolute Gasteiger partial charge is 0.227 e. The van der Waals surface area contributed by atoms with Crippen molar-refractivity contribution in [3.05, 3.63) is 71.2 Å². The molecule has 6 nitrogen and oxygen atoms in total. The molecule has 1 amide bonds. The fourth-order valence-electron chi connectivity index (χ4n) is 3.36. The van der Waals surface area contributed by atoms with E-state index in [4.69, 9.17) is 4.74 Å². The molecule has 1 aliphatic heterocycles. The Balaban J connectivity index is 1.51. The molecular weight excluding hydrogens is 468 g/mol. The Morgan fingerprint density at radius 3 is 2.53 bits per heavy atom. The van der Waals surface area contributed by atoms with Gasteiger partial charge in [-0.25, -0.2) is 12.7 Å². The van der Waals surface area contributed by atoms with Crippen molar-refractivity contribution in [2.45, 2.75) is 18.6 Å². The molecule has 1 aliphatic rings. The molecule has 1 heterocycles. The first-order valence-corrected chi connectivity index (χ1v) is 12.1. The number of carbonyl (C=O) groups is 1. The van der Waals surface area contributed by atoms with E-state index in [-0.39, 0.29) is 17.6 Å². The minimum atomic E-state index is -3.41. The van der Waals surface area contributed by atoms with Gasteiger partial charge in [0.25, 0.3) is 0 Å². The Bertz CT molecular complexity index is 984. The number of piperidine rings is 1. The molecule has 0 aromatic heterocycles. The minimum Gasteiger partial charge on any atom is -0.490 e. The Labute approximate surface area is 186 Å². The zero-order valence-corrected chi connectivity index (χ0v) is 19.0. The molecule has 0 radical (unpaired) electrons. The zero-order valence-electron chi connectivity index (χ0n) is 16.6. The van der Waals surface area contributed by atoms with Gasteiger partial charge in [-0.1, -0.05) is 40.7 Å². The maximum atomic E-state index is 12.7. The maximum Gasteiger partial charge on any atom is 0.227 e. The van der Waals surface area contributed by atoms with Gasteiger partial charge in [0.1, 0.15) is 12.4 Å². The van der Waals surface area contributed by atoms with Crippen LogP contribution in [0.1, 0.15) is 18.4 Å². The molecule has 0 unspecified atom stereocenters. The third-order valence-electron chi connectivity index (χ3n) is 4.95. The van der Waals surface area contributed by atoms with Crippen LogP contribution >= 0.6 is 15.9 Å². The number of halogens is 1. The summed E-state index contributed by atoms with van der Waals surface area (Å²) in [7, 11) is -3.41. The molecule has 1 N–H and O–H groups in total. The van der Waals surface area contributed by atoms with E-state index in [1.54, 1.807) is 36.4 Å². The van der Waals surface area contributed by atoms with E-state index in [0.717, 1.165) is 10.0 Å². The predicted octanol–water partition coefficient (Wildman–Crippen LogP) is 4.19. The molecule has 30 heavy (non-hydrogen) atoms. The quantitative estimate of drug-likeness (QED) is 0.560. The van der Waals surface area contributed by atoms with Crippen LogP contribution in [0.2, 0.25) is 0 Å². The van der Waals surface area contributed by atoms with Crippen LogP contribution in [0.25, 0.3) is 0 Å². The SMILES string of the molecule is C=CCOc1ccc(NC(=O)C2CCN(S(=O)(=O)Cc3cccc(Br)c3)CC2)cc1. The number of sulfonamides is 1. The summed E-state index contributed by atoms with van der Waals surface area (Å²) in [5, 5.41) is 2.91. The van der Waals surface area contributed by atoms with Crippen LogP contribution in [0.3, 0.4) is 0 Å². The van der Waals surface area contributed by atoms with Crippen LogP contribution in [0, 0.1) is 5.92 Å². The summed E-state index contributed by atoms with van der Waals surface area (Å²) in [4.78, 5) is 12.6. The van der Waals surface area contributed by atoms with Crippen LogP contribution < -0.4 is 10.1 Å². The topological polar surface area (TPSA) is 75.7 Å². The standard InChI is InChI=1S/C22H25BrN2O4S/c1-2-14-29-21-8-6-20(7-9-21)24-22(26)18-10-12-25(13-11-18)30(27,28)16-17-4-3-5-19(23)15-17/h2-9,15,18H,1,10-14,16H2,(H,24,26). The predicted molar refractivity (Wildman–Crippen MR) is 122 cm³/mol. The molecule has 1 fully saturated rings. The highest BCUT2D eigenvalue weighted by molar-refractivity contribution is 9.10. The molecule has 2 aromatic rings. The Morgan fingerprint density at radius 1 is 1.20 bits per heavy atom. The van der Waals surface area contributed by atoms with Crippen molar-refractivity contribution in [3.63, 3.8) is 0 Å². The molecule has 0 atom stereocenters. The number of carbonyl (C=O) groups excluding carboxylic acids is 1. The number of nitrogens with one attached hydrogen (secondary N) is 1. The molecule has 160 valence electrons. The summed E-state index contributed by atoms with van der Waals surface area (Å²) in [5.74, 6) is 0.374. The summed E-state index contributed by atoms with van der Waals surface area (Å²) in [6, 6.07) is 14.4. The van der Waals surface area contributed by atoms with Gasteiger partial charge in [0.2, 0.25) is 15.9 Å². The first-order valence-electron chi connectivity index (χ1n) is 9.74. The van der Waals surface area contributed by atoms with Crippen molar-refractivity contribution < 1.29 is 17.9 Å². The van der Waals surface area contributed by atoms with Crippen molar-refractivity contribution in [1.82, 2.24) is 4.31 Å². The average Bonchev–Trinajstić information content (AvgIpc) is 2.73. The van der Waals surface area contributed by atoms with Crippen LogP contribution in [0.4, 0.5) is 5.69 Å². The van der Waals surface area contributed by atoms with Gasteiger partial charge >= 0.3 is 0 Å². The molecule has 0 bridgehead atoms. The van der Waals surface area contributed by atoms with E-state index >= 15 is 0 Å². The van der Waals surface area contributed by atoms with E-state index in [1.807, 2.05) is 18.2 Å². The fraction of sp³-hybridized carbons (Fsp3) is 0.318. The number of nitrogens with zero attached hydrogens (tertiary/aromatic N) is 1. The zero-order chi connectivity index (χ0) is 21.6. The van der Waals surface area contributed by atoms with Gasteiger partial charge in [0.15, 0.2) is 0 Å². The normalized spacial score (nSPS) is 15.5. The molecule has 3 rings (SSSR count). The summed E-state index contributed by atoms with van der Waals surface area (Å²) in [6.45, 7) is 4.73. The monoisotopic (exact) mass is 492 g/mol. The van der Waals surface area contributed by atoms with E-state index in [9.17, 15) is 13.2 Å². The lowest BCUT2D eigenvalue weighted by Crippen LogP contribution is -2.41. The van der Waals surface area contributed by atoms with Gasteiger partial charge in [0.05, 0.1) is 5.75 Å². The van der Waals surface area contributed by atoms with E-state index in [0.29, 0.717) is 44.0 Å². The largest absolute Gasteiger partial charge is 0.490 e. The van der Waals surface area contributed by atoms with Crippen molar-refractivity contribution in [2.24, 2.45) is 5.92 Å². The van der Waals surface area contributed by atoms with Crippen LogP contribution in [0.5, 0.6) is 5.75 Å². The number of hydrogen-bond acceptors (Lipinski definition) is 4. The highest BCUT2D eigenvalue weighted by Crippen LogP contribution is 2.24. The molecule has 0 spiro atoms. The second-order valence-corrected chi connectivity index (χ2v) is 10.1. The lowest BCUT2D eigenvalue weighted by Gasteiger charge is -2.30. The Morgan fingerprint density at radius 2 is 1.90 bits per heavy atom. The number of amides is 1. The molecule has 0 saturated carbocycles. The lowest BCUT2D eigenvalue weighted by molar-refractivity contribution is -0.120. The van der Waals surface area contributed by atoms with E-state index in [2.05, 4.69) is 27.8 Å². The fourth-order valence-corrected chi connectivity index (χ4v) is 5.36.